The lowest BCUT2D eigenvalue weighted by Crippen LogP contribution is -2.25. The number of anilines is 1. The average molecular weight is 643 g/mol. The summed E-state index contributed by atoms with van der Waals surface area (Å²) in [5, 5.41) is 12.9. The molecular weight excluding hydrogens is 603 g/mol. The maximum Gasteiger partial charge on any atom is 0.227 e. The summed E-state index contributed by atoms with van der Waals surface area (Å²) in [7, 11) is 0. The molecule has 6 aromatic rings. The molecule has 1 amide bonds. The van der Waals surface area contributed by atoms with Crippen molar-refractivity contribution in [3.63, 3.8) is 0 Å². The largest absolute Gasteiger partial charge is 0.492 e. The van der Waals surface area contributed by atoms with E-state index in [1.807, 2.05) is 48.7 Å². The van der Waals surface area contributed by atoms with Gasteiger partial charge in [-0.2, -0.15) is 5.10 Å². The van der Waals surface area contributed by atoms with Gasteiger partial charge >= 0.3 is 0 Å². The van der Waals surface area contributed by atoms with Crippen molar-refractivity contribution in [1.29, 1.82) is 0 Å². The smallest absolute Gasteiger partial charge is 0.227 e. The molecule has 1 aliphatic heterocycles. The highest BCUT2D eigenvalue weighted by Gasteiger charge is 2.21. The topological polar surface area (TPSA) is 98.9 Å². The summed E-state index contributed by atoms with van der Waals surface area (Å²) in [5.41, 5.74) is 7.74. The number of aromatic amines is 2. The van der Waals surface area contributed by atoms with E-state index in [-0.39, 0.29) is 17.6 Å². The van der Waals surface area contributed by atoms with Gasteiger partial charge in [-0.1, -0.05) is 37.5 Å². The fraction of sp³-hybridized carbons (Fsp3) is 0.308. The number of fused-ring (bicyclic) bond motifs is 2. The van der Waals surface area contributed by atoms with Crippen LogP contribution in [0.5, 0.6) is 5.75 Å². The minimum atomic E-state index is -0.325. The molecule has 0 unspecified atom stereocenters. The standard InChI is InChI=1S/C39H39FN6O2/c40-29-17-27(19-31(21-29)48-16-15-46-13-4-5-14-46)32-9-6-10-35-33(32)22-37(43-35)38-34-20-26(11-12-36(34)44-45-38)28-18-30(24-41-23-28)42-39(47)25-7-2-1-3-8-25/h6,9-12,17-25,43H,1-5,7-8,13-16H2,(H,42,47)(H,44,45). The monoisotopic (exact) mass is 642 g/mol. The minimum Gasteiger partial charge on any atom is -0.492 e. The SMILES string of the molecule is O=C(Nc1cncc(-c2ccc3[nH]nc(-c4cc5c(-c6cc(F)cc(OCCN7CCCC7)c6)cccc5[nH]4)c3c2)c1)C1CCCCC1. The number of carbonyl (C=O) groups is 1. The molecule has 1 saturated carbocycles. The second-order valence-corrected chi connectivity index (χ2v) is 13.1. The van der Waals surface area contributed by atoms with Crippen molar-refractivity contribution < 1.29 is 13.9 Å². The highest BCUT2D eigenvalue weighted by atomic mass is 19.1. The second kappa shape index (κ2) is 13.2. The normalized spacial score (nSPS) is 15.8. The number of H-pyrrole nitrogens is 2. The lowest BCUT2D eigenvalue weighted by atomic mass is 9.88. The van der Waals surface area contributed by atoms with E-state index in [9.17, 15) is 9.18 Å². The predicted molar refractivity (Wildman–Crippen MR) is 188 cm³/mol. The van der Waals surface area contributed by atoms with Crippen LogP contribution >= 0.6 is 0 Å². The van der Waals surface area contributed by atoms with Gasteiger partial charge in [-0.3, -0.25) is 19.8 Å². The van der Waals surface area contributed by atoms with Gasteiger partial charge in [0.2, 0.25) is 5.91 Å². The second-order valence-electron chi connectivity index (χ2n) is 13.1. The number of carbonyl (C=O) groups excluding carboxylic acids is 1. The molecule has 4 heterocycles. The molecule has 8 rings (SSSR count). The van der Waals surface area contributed by atoms with Gasteiger partial charge in [0.25, 0.3) is 0 Å². The van der Waals surface area contributed by atoms with Crippen LogP contribution in [-0.4, -0.2) is 57.2 Å². The van der Waals surface area contributed by atoms with E-state index >= 15 is 0 Å². The quantitative estimate of drug-likeness (QED) is 0.147. The molecule has 1 saturated heterocycles. The van der Waals surface area contributed by atoms with Crippen LogP contribution in [0.2, 0.25) is 0 Å². The number of nitrogens with zero attached hydrogens (tertiary/aromatic N) is 3. The van der Waals surface area contributed by atoms with E-state index in [4.69, 9.17) is 4.74 Å². The van der Waals surface area contributed by atoms with Crippen molar-refractivity contribution in [3.8, 4) is 39.4 Å². The lowest BCUT2D eigenvalue weighted by molar-refractivity contribution is -0.120. The zero-order valence-corrected chi connectivity index (χ0v) is 26.9. The molecule has 0 spiro atoms. The molecule has 0 radical (unpaired) electrons. The number of halogens is 1. The molecule has 3 aromatic carbocycles. The highest BCUT2D eigenvalue weighted by molar-refractivity contribution is 6.02. The van der Waals surface area contributed by atoms with Gasteiger partial charge in [0.1, 0.15) is 23.9 Å². The van der Waals surface area contributed by atoms with Crippen molar-refractivity contribution in [2.45, 2.75) is 44.9 Å². The molecule has 2 fully saturated rings. The van der Waals surface area contributed by atoms with Crippen LogP contribution in [0.15, 0.2) is 79.1 Å². The minimum absolute atomic E-state index is 0.0741. The Morgan fingerprint density at radius 3 is 2.62 bits per heavy atom. The van der Waals surface area contributed by atoms with Gasteiger partial charge < -0.3 is 15.0 Å². The fourth-order valence-electron chi connectivity index (χ4n) is 7.31. The van der Waals surface area contributed by atoms with Gasteiger partial charge in [0.15, 0.2) is 0 Å². The van der Waals surface area contributed by atoms with Crippen LogP contribution in [0.25, 0.3) is 55.4 Å². The first-order valence-corrected chi connectivity index (χ1v) is 17.1. The van der Waals surface area contributed by atoms with Gasteiger partial charge in [0, 0.05) is 46.6 Å². The van der Waals surface area contributed by atoms with E-state index in [1.165, 1.54) is 25.3 Å². The van der Waals surface area contributed by atoms with E-state index in [0.717, 1.165) is 101 Å². The number of rotatable bonds is 9. The Hall–Kier alpha value is -5.02. The Bertz CT molecular complexity index is 2090. The molecule has 1 aliphatic carbocycles. The first-order chi connectivity index (χ1) is 23.6. The van der Waals surface area contributed by atoms with Gasteiger partial charge in [-0.25, -0.2) is 4.39 Å². The molecule has 3 N–H and O–H groups in total. The molecule has 3 aromatic heterocycles. The van der Waals surface area contributed by atoms with Crippen molar-refractivity contribution in [1.82, 2.24) is 25.1 Å². The molecule has 8 nitrogen and oxygen atoms in total. The molecule has 2 aliphatic rings. The van der Waals surface area contributed by atoms with E-state index in [2.05, 4.69) is 42.5 Å². The molecular formula is C39H39FN6O2. The molecule has 0 bridgehead atoms. The number of likely N-dealkylation sites (tertiary alicyclic amines) is 1. The van der Waals surface area contributed by atoms with Crippen LogP contribution in [0, 0.1) is 11.7 Å². The van der Waals surface area contributed by atoms with Gasteiger partial charge in [0.05, 0.1) is 23.1 Å². The zero-order valence-electron chi connectivity index (χ0n) is 26.9. The molecule has 48 heavy (non-hydrogen) atoms. The summed E-state index contributed by atoms with van der Waals surface area (Å²) in [4.78, 5) is 23.3. The fourth-order valence-corrected chi connectivity index (χ4v) is 7.31. The van der Waals surface area contributed by atoms with Crippen LogP contribution in [-0.2, 0) is 4.79 Å². The third kappa shape index (κ3) is 6.30. The van der Waals surface area contributed by atoms with Crippen molar-refractivity contribution in [2.75, 3.05) is 31.6 Å². The summed E-state index contributed by atoms with van der Waals surface area (Å²) >= 11 is 0. The summed E-state index contributed by atoms with van der Waals surface area (Å²) in [6.07, 6.45) is 11.3. The number of amides is 1. The number of ether oxygens (including phenoxy) is 1. The third-order valence-electron chi connectivity index (χ3n) is 9.85. The summed E-state index contributed by atoms with van der Waals surface area (Å²) < 4.78 is 20.9. The van der Waals surface area contributed by atoms with E-state index in [0.29, 0.717) is 18.0 Å². The number of hydrogen-bond acceptors (Lipinski definition) is 5. The van der Waals surface area contributed by atoms with Crippen molar-refractivity contribution in [2.24, 2.45) is 5.92 Å². The number of nitrogens with one attached hydrogen (secondary N) is 3. The van der Waals surface area contributed by atoms with Crippen LogP contribution < -0.4 is 10.1 Å². The Kier molecular flexibility index (Phi) is 8.36. The molecule has 9 heteroatoms. The van der Waals surface area contributed by atoms with Crippen LogP contribution in [0.1, 0.15) is 44.9 Å². The Balaban J connectivity index is 1.07. The van der Waals surface area contributed by atoms with E-state index < -0.39 is 0 Å². The highest BCUT2D eigenvalue weighted by Crippen LogP contribution is 2.37. The first-order valence-electron chi connectivity index (χ1n) is 17.1. The number of hydrogen-bond donors (Lipinski definition) is 3. The Morgan fingerprint density at radius 2 is 1.75 bits per heavy atom. The summed E-state index contributed by atoms with van der Waals surface area (Å²) in [6.45, 7) is 3.59. The van der Waals surface area contributed by atoms with Gasteiger partial charge in [-0.05, 0) is 97.9 Å². The van der Waals surface area contributed by atoms with Crippen LogP contribution in [0.3, 0.4) is 0 Å². The van der Waals surface area contributed by atoms with Crippen molar-refractivity contribution in [3.05, 3.63) is 84.9 Å². The van der Waals surface area contributed by atoms with Gasteiger partial charge in [-0.15, -0.1) is 0 Å². The first kappa shape index (κ1) is 30.3. The summed E-state index contributed by atoms with van der Waals surface area (Å²) in [5.74, 6) is 0.369. The van der Waals surface area contributed by atoms with Crippen LogP contribution in [0.4, 0.5) is 10.1 Å². The third-order valence-corrected chi connectivity index (χ3v) is 9.85. The Labute approximate surface area is 278 Å². The molecule has 244 valence electrons. The lowest BCUT2D eigenvalue weighted by Gasteiger charge is -2.20. The van der Waals surface area contributed by atoms with Crippen molar-refractivity contribution >= 4 is 33.4 Å². The maximum absolute atomic E-state index is 14.9. The Morgan fingerprint density at radius 1 is 0.875 bits per heavy atom. The average Bonchev–Trinajstić information content (AvgIpc) is 3.88. The number of benzene rings is 3. The maximum atomic E-state index is 14.9. The summed E-state index contributed by atoms with van der Waals surface area (Å²) in [6, 6.07) is 21.2. The number of pyridine rings is 1. The zero-order chi connectivity index (χ0) is 32.5. The predicted octanol–water partition coefficient (Wildman–Crippen LogP) is 8.57. The number of aromatic nitrogens is 4. The van der Waals surface area contributed by atoms with E-state index in [1.54, 1.807) is 12.3 Å². The molecule has 0 atom stereocenters.